The Morgan fingerprint density at radius 1 is 0.307 bits per heavy atom. The first-order valence-corrected chi connectivity index (χ1v) is 32.0. The van der Waals surface area contributed by atoms with E-state index in [2.05, 4.69) is 27.7 Å². The summed E-state index contributed by atoms with van der Waals surface area (Å²) in [6, 6.07) is 0. The Hall–Kier alpha value is -1.62. The zero-order chi connectivity index (χ0) is 66.7. The average Bonchev–Trinajstić information content (AvgIpc) is 2.37. The van der Waals surface area contributed by atoms with Crippen molar-refractivity contribution in [1.29, 1.82) is 0 Å². The summed E-state index contributed by atoms with van der Waals surface area (Å²) in [6.07, 6.45) is -31.8. The van der Waals surface area contributed by atoms with Gasteiger partial charge in [0, 0.05) is 0 Å². The third-order valence-electron chi connectivity index (χ3n) is 27.6. The molecule has 4 aliphatic heterocycles. The Balaban J connectivity index is 0.000000140. The Morgan fingerprint density at radius 3 is 0.898 bits per heavy atom. The fourth-order valence-electron chi connectivity index (χ4n) is 21.5. The van der Waals surface area contributed by atoms with Gasteiger partial charge in [-0.15, -0.1) is 0 Å². The highest BCUT2D eigenvalue weighted by Gasteiger charge is 2.76. The van der Waals surface area contributed by atoms with Gasteiger partial charge >= 0.3 is 37.1 Å². The van der Waals surface area contributed by atoms with Crippen LogP contribution in [0.15, 0.2) is 0 Å². The summed E-state index contributed by atoms with van der Waals surface area (Å²) in [5.74, 6) is -1.91. The van der Waals surface area contributed by atoms with Crippen molar-refractivity contribution in [3.8, 4) is 0 Å². The van der Waals surface area contributed by atoms with Gasteiger partial charge in [0.15, 0.2) is 10.8 Å². The van der Waals surface area contributed by atoms with Gasteiger partial charge in [0.1, 0.15) is 12.2 Å². The van der Waals surface area contributed by atoms with E-state index >= 15 is 0 Å². The standard InChI is InChI=1S/C19H26F6.C19H29F3.C13H16F8O.C13H19F5O/c1-8-9(2)13-6-12(8)15-10-4-11(14(5-10)16(13)15)7-17(3,18(20,21)22)19(23,24)25;1-9-10(2)14-7-13(9)16-11-5-12(15(6-11)17(14)16)8-18(3,4)19(20,21)22;1-5-6(2)9-11(14,15)7(8(5)22-9)4-10(3,12(16,17)18)13(19,20)21;1-6-7(2)10-12(14,15)8(9(6)19-10)5-11(3,4)13(16,17)18/h8-16H,4-7H2,1-3H3;9-17H,5-8H2,1-4H3;5-9H,4H2,1-3H3;6-10H,5H2,1-4H3. The van der Waals surface area contributed by atoms with Crippen LogP contribution in [-0.4, -0.2) is 73.3 Å². The van der Waals surface area contributed by atoms with Crippen molar-refractivity contribution in [2.24, 2.45) is 164 Å². The third kappa shape index (κ3) is 10.9. The average molecular weight is 1310 g/mol. The van der Waals surface area contributed by atoms with Crippen molar-refractivity contribution in [3.05, 3.63) is 0 Å². The van der Waals surface area contributed by atoms with Crippen LogP contribution in [0.25, 0.3) is 0 Å². The molecule has 12 aliphatic rings. The first-order valence-electron chi connectivity index (χ1n) is 32.0. The third-order valence-corrected chi connectivity index (χ3v) is 27.6. The molecule has 0 radical (unpaired) electrons. The zero-order valence-corrected chi connectivity index (χ0v) is 52.4. The smallest absolute Gasteiger partial charge is 0.368 e. The van der Waals surface area contributed by atoms with Crippen LogP contribution in [0.1, 0.15) is 161 Å². The number of hydrogen-bond donors (Lipinski definition) is 0. The molecule has 0 N–H and O–H groups in total. The van der Waals surface area contributed by atoms with E-state index in [9.17, 15) is 96.6 Å². The topological polar surface area (TPSA) is 18.5 Å². The van der Waals surface area contributed by atoms with Crippen molar-refractivity contribution in [2.45, 2.75) is 234 Å². The summed E-state index contributed by atoms with van der Waals surface area (Å²) in [7, 11) is 0. The second-order valence-electron chi connectivity index (χ2n) is 32.5. The maximum atomic E-state index is 14.2. The lowest BCUT2D eigenvalue weighted by Crippen LogP contribution is -2.54. The van der Waals surface area contributed by atoms with Crippen LogP contribution < -0.4 is 0 Å². The van der Waals surface area contributed by atoms with Gasteiger partial charge in [0.05, 0.1) is 34.9 Å². The SMILES string of the molecule is CC1C(C)C2CC1C1C3CC(CC(C)(C(F)(F)F)C(F)(F)F)C(C3)C21.CC1C(C)C2CC1C1C3CC(CC(C)(C)C(F)(F)F)C(C3)C21.CC1C(C)C2OC1C(CC(C)(C(F)(F)F)C(F)(F)F)C2(F)F.CC1C(C)C2OC1C(CC(C)(C)C(F)(F)F)C2(F)F. The Bertz CT molecular complexity index is 2460. The molecule has 8 aliphatic carbocycles. The van der Waals surface area contributed by atoms with E-state index in [1.165, 1.54) is 40.5 Å². The van der Waals surface area contributed by atoms with E-state index in [-0.39, 0.29) is 24.7 Å². The van der Waals surface area contributed by atoms with Crippen molar-refractivity contribution in [2.75, 3.05) is 0 Å². The monoisotopic (exact) mass is 1310 g/mol. The van der Waals surface area contributed by atoms with E-state index < -0.39 is 144 Å². The van der Waals surface area contributed by atoms with Gasteiger partial charge in [-0.05, 0) is 208 Å². The van der Waals surface area contributed by atoms with Gasteiger partial charge in [0.25, 0.3) is 11.8 Å². The van der Waals surface area contributed by atoms with Crippen LogP contribution in [-0.2, 0) is 9.47 Å². The minimum Gasteiger partial charge on any atom is -0.368 e. The maximum absolute atomic E-state index is 14.2. The highest BCUT2D eigenvalue weighted by molar-refractivity contribution is 5.17. The van der Waals surface area contributed by atoms with Crippen LogP contribution in [0.3, 0.4) is 0 Å². The molecular weight excluding hydrogens is 1220 g/mol. The highest BCUT2D eigenvalue weighted by atomic mass is 19.4. The normalized spacial score (nSPS) is 46.0. The lowest BCUT2D eigenvalue weighted by Gasteiger charge is -2.45. The lowest BCUT2D eigenvalue weighted by molar-refractivity contribution is -0.343. The quantitative estimate of drug-likeness (QED) is 0.178. The number of halogens is 22. The number of rotatable bonds is 8. The van der Waals surface area contributed by atoms with Crippen LogP contribution in [0.2, 0.25) is 0 Å². The first-order chi connectivity index (χ1) is 39.5. The molecule has 24 heteroatoms. The number of hydrogen-bond acceptors (Lipinski definition) is 2. The Kier molecular flexibility index (Phi) is 17.6. The fraction of sp³-hybridized carbons (Fsp3) is 1.00. The molecule has 88 heavy (non-hydrogen) atoms. The Morgan fingerprint density at radius 2 is 0.591 bits per heavy atom. The summed E-state index contributed by atoms with van der Waals surface area (Å²) in [4.78, 5) is 0. The molecule has 0 amide bonds. The van der Waals surface area contributed by atoms with Crippen LogP contribution >= 0.6 is 0 Å². The predicted octanol–water partition coefficient (Wildman–Crippen LogP) is 21.2. The summed E-state index contributed by atoms with van der Waals surface area (Å²) in [5, 5.41) is 0. The number of fused-ring (bicyclic) bond motifs is 22. The molecule has 4 saturated heterocycles. The highest BCUT2D eigenvalue weighted by Crippen LogP contribution is 2.75. The lowest BCUT2D eigenvalue weighted by atomic mass is 9.60. The van der Waals surface area contributed by atoms with Gasteiger partial charge in [-0.25, -0.2) is 17.6 Å². The predicted molar refractivity (Wildman–Crippen MR) is 283 cm³/mol. The van der Waals surface area contributed by atoms with Gasteiger partial charge in [0.2, 0.25) is 0 Å². The van der Waals surface area contributed by atoms with E-state index in [1.54, 1.807) is 13.8 Å². The summed E-state index contributed by atoms with van der Waals surface area (Å²) < 4.78 is 303. The second kappa shape index (κ2) is 22.0. The van der Waals surface area contributed by atoms with Gasteiger partial charge in [-0.1, -0.05) is 83.1 Å². The summed E-state index contributed by atoms with van der Waals surface area (Å²) in [6.45, 7) is 20.8. The molecule has 0 aromatic carbocycles. The van der Waals surface area contributed by atoms with Gasteiger partial charge in [-0.2, -0.15) is 79.0 Å². The molecule has 0 spiro atoms. The maximum Gasteiger partial charge on any atom is 0.402 e. The number of alkyl halides is 22. The molecule has 512 valence electrons. The van der Waals surface area contributed by atoms with Crippen molar-refractivity contribution in [3.63, 3.8) is 0 Å². The molecule has 4 heterocycles. The van der Waals surface area contributed by atoms with E-state index in [4.69, 9.17) is 9.47 Å². The molecule has 8 saturated carbocycles. The van der Waals surface area contributed by atoms with E-state index in [0.29, 0.717) is 73.0 Å². The van der Waals surface area contributed by atoms with Crippen molar-refractivity contribution >= 4 is 0 Å². The second-order valence-corrected chi connectivity index (χ2v) is 32.5. The van der Waals surface area contributed by atoms with Gasteiger partial charge < -0.3 is 9.47 Å². The molecule has 12 bridgehead atoms. The number of ether oxygens (including phenoxy) is 2. The molecule has 0 aromatic rings. The van der Waals surface area contributed by atoms with Crippen LogP contribution in [0.5, 0.6) is 0 Å². The first kappa shape index (κ1) is 70.7. The zero-order valence-electron chi connectivity index (χ0n) is 52.4. The van der Waals surface area contributed by atoms with E-state index in [0.717, 1.165) is 74.5 Å². The van der Waals surface area contributed by atoms with Crippen LogP contribution in [0, 0.1) is 164 Å². The molecule has 28 atom stereocenters. The molecule has 12 rings (SSSR count). The summed E-state index contributed by atoms with van der Waals surface area (Å²) in [5.41, 5.74) is -11.4. The largest absolute Gasteiger partial charge is 0.402 e. The summed E-state index contributed by atoms with van der Waals surface area (Å²) >= 11 is 0. The van der Waals surface area contributed by atoms with Crippen molar-refractivity contribution in [1.82, 2.24) is 0 Å². The molecule has 0 aromatic heterocycles. The van der Waals surface area contributed by atoms with E-state index in [1.807, 2.05) is 0 Å². The fourth-order valence-corrected chi connectivity index (χ4v) is 21.5. The van der Waals surface area contributed by atoms with Gasteiger partial charge in [-0.3, -0.25) is 0 Å². The molecular formula is C64H90F22O2. The van der Waals surface area contributed by atoms with Crippen molar-refractivity contribution < 1.29 is 106 Å². The molecule has 2 nitrogen and oxygen atoms in total. The minimum atomic E-state index is -5.67. The molecule has 12 fully saturated rings. The van der Waals surface area contributed by atoms with Crippen LogP contribution in [0.4, 0.5) is 96.6 Å². The molecule has 28 unspecified atom stereocenters. The minimum absolute atomic E-state index is 0.0663. The Labute approximate surface area is 503 Å².